The summed E-state index contributed by atoms with van der Waals surface area (Å²) in [6, 6.07) is -0.402. The number of carbonyl (C=O) groups is 1. The molecule has 3 rings (SSSR count). The molecule has 12 heteroatoms. The smallest absolute Gasteiger partial charge is 0.343 e. The molecule has 1 atom stereocenters. The van der Waals surface area contributed by atoms with E-state index in [1.54, 1.807) is 27.7 Å². The van der Waals surface area contributed by atoms with Crippen LogP contribution in [0.15, 0.2) is 12.4 Å². The minimum atomic E-state index is -4.49. The number of piperazine rings is 1. The van der Waals surface area contributed by atoms with Gasteiger partial charge in [0.05, 0.1) is 12.2 Å². The summed E-state index contributed by atoms with van der Waals surface area (Å²) < 4.78 is 39.5. The highest BCUT2D eigenvalue weighted by atomic mass is 32.1. The van der Waals surface area contributed by atoms with Crippen molar-refractivity contribution in [2.45, 2.75) is 19.1 Å². The van der Waals surface area contributed by atoms with Crippen LogP contribution < -0.4 is 10.2 Å². The number of nitrogens with zero attached hydrogens (tertiary/aromatic N) is 6. The van der Waals surface area contributed by atoms with Gasteiger partial charge in [0, 0.05) is 45.0 Å². The Morgan fingerprint density at radius 2 is 1.96 bits per heavy atom. The summed E-state index contributed by atoms with van der Waals surface area (Å²) in [5.74, 6) is 0. The quantitative estimate of drug-likeness (QED) is 0.867. The molecule has 142 valence electrons. The molecule has 2 aromatic heterocycles. The van der Waals surface area contributed by atoms with Crippen LogP contribution in [0.3, 0.4) is 0 Å². The SMILES string of the molecule is C[C@@H](NC(=O)N1CCN(c2nnc(C(F)(F)F)s2)CC1)c1cnn(C)c1. The van der Waals surface area contributed by atoms with Gasteiger partial charge in [0.2, 0.25) is 10.1 Å². The fraction of sp³-hybridized carbons (Fsp3) is 0.571. The third-order valence-corrected chi connectivity index (χ3v) is 5.09. The molecule has 2 aromatic rings. The molecular formula is C14H18F3N7OS. The zero-order valence-corrected chi connectivity index (χ0v) is 15.0. The maximum absolute atomic E-state index is 12.6. The van der Waals surface area contributed by atoms with Crippen molar-refractivity contribution in [1.82, 2.24) is 30.2 Å². The normalized spacial score (nSPS) is 16.7. The summed E-state index contributed by atoms with van der Waals surface area (Å²) in [5.41, 5.74) is 0.896. The van der Waals surface area contributed by atoms with E-state index in [0.717, 1.165) is 5.56 Å². The summed E-state index contributed by atoms with van der Waals surface area (Å²) in [6.07, 6.45) is -0.965. The van der Waals surface area contributed by atoms with Crippen molar-refractivity contribution < 1.29 is 18.0 Å². The number of alkyl halides is 3. The van der Waals surface area contributed by atoms with E-state index < -0.39 is 11.2 Å². The van der Waals surface area contributed by atoms with Gasteiger partial charge >= 0.3 is 12.2 Å². The molecule has 1 aliphatic rings. The van der Waals surface area contributed by atoms with Crippen LogP contribution in [0, 0.1) is 0 Å². The van der Waals surface area contributed by atoms with Crippen molar-refractivity contribution in [3.63, 3.8) is 0 Å². The molecule has 1 aliphatic heterocycles. The fourth-order valence-corrected chi connectivity index (χ4v) is 3.35. The fourth-order valence-electron chi connectivity index (χ4n) is 2.58. The lowest BCUT2D eigenvalue weighted by Crippen LogP contribution is -2.52. The number of aryl methyl sites for hydroxylation is 1. The Hall–Kier alpha value is -2.37. The Labute approximate surface area is 151 Å². The Morgan fingerprint density at radius 1 is 1.27 bits per heavy atom. The number of aromatic nitrogens is 4. The Balaban J connectivity index is 1.53. The van der Waals surface area contributed by atoms with Gasteiger partial charge in [0.15, 0.2) is 0 Å². The second-order valence-corrected chi connectivity index (χ2v) is 6.94. The van der Waals surface area contributed by atoms with Gasteiger partial charge in [-0.1, -0.05) is 11.3 Å². The second kappa shape index (κ2) is 7.09. The molecule has 1 fully saturated rings. The lowest BCUT2D eigenvalue weighted by molar-refractivity contribution is -0.138. The third kappa shape index (κ3) is 4.06. The van der Waals surface area contributed by atoms with E-state index >= 15 is 0 Å². The van der Waals surface area contributed by atoms with Gasteiger partial charge < -0.3 is 15.1 Å². The van der Waals surface area contributed by atoms with E-state index in [1.807, 2.05) is 13.1 Å². The van der Waals surface area contributed by atoms with Crippen LogP contribution >= 0.6 is 11.3 Å². The van der Waals surface area contributed by atoms with Gasteiger partial charge in [-0.2, -0.15) is 18.3 Å². The molecule has 8 nitrogen and oxygen atoms in total. The van der Waals surface area contributed by atoms with Crippen LogP contribution in [0.1, 0.15) is 23.5 Å². The topological polar surface area (TPSA) is 79.2 Å². The first-order chi connectivity index (χ1) is 12.2. The summed E-state index contributed by atoms with van der Waals surface area (Å²) in [6.45, 7) is 3.46. The highest BCUT2D eigenvalue weighted by Gasteiger charge is 2.36. The van der Waals surface area contributed by atoms with Crippen LogP contribution in [0.2, 0.25) is 0 Å². The Morgan fingerprint density at radius 3 is 2.50 bits per heavy atom. The largest absolute Gasteiger partial charge is 0.445 e. The maximum Gasteiger partial charge on any atom is 0.445 e. The summed E-state index contributed by atoms with van der Waals surface area (Å²) in [7, 11) is 1.80. The number of anilines is 1. The number of carbonyl (C=O) groups excluding carboxylic acids is 1. The summed E-state index contributed by atoms with van der Waals surface area (Å²) in [4.78, 5) is 15.7. The van der Waals surface area contributed by atoms with Crippen molar-refractivity contribution in [3.05, 3.63) is 23.0 Å². The summed E-state index contributed by atoms with van der Waals surface area (Å²) >= 11 is 0.517. The molecule has 0 radical (unpaired) electrons. The van der Waals surface area contributed by atoms with Crippen LogP contribution in [0.4, 0.5) is 23.1 Å². The molecule has 3 heterocycles. The second-order valence-electron chi connectivity index (χ2n) is 5.98. The van der Waals surface area contributed by atoms with E-state index in [1.165, 1.54) is 0 Å². The average molecular weight is 389 g/mol. The predicted octanol–water partition coefficient (Wildman–Crippen LogP) is 1.88. The monoisotopic (exact) mass is 389 g/mol. The number of hydrogen-bond acceptors (Lipinski definition) is 6. The molecule has 1 N–H and O–H groups in total. The molecule has 2 amide bonds. The molecule has 0 bridgehead atoms. The van der Waals surface area contributed by atoms with E-state index in [4.69, 9.17) is 0 Å². The number of rotatable bonds is 3. The highest BCUT2D eigenvalue weighted by Crippen LogP contribution is 2.34. The molecule has 0 aromatic carbocycles. The minimum Gasteiger partial charge on any atom is -0.343 e. The summed E-state index contributed by atoms with van der Waals surface area (Å²) in [5, 5.41) is 13.0. The minimum absolute atomic E-state index is 0.188. The zero-order chi connectivity index (χ0) is 18.9. The number of hydrogen-bond donors (Lipinski definition) is 1. The Bertz CT molecular complexity index is 767. The lowest BCUT2D eigenvalue weighted by atomic mass is 10.2. The molecule has 1 saturated heterocycles. The highest BCUT2D eigenvalue weighted by molar-refractivity contribution is 7.15. The average Bonchev–Trinajstić information content (AvgIpc) is 3.23. The van der Waals surface area contributed by atoms with Gasteiger partial charge in [-0.25, -0.2) is 4.79 Å². The first kappa shape index (κ1) is 18.4. The maximum atomic E-state index is 12.6. The van der Waals surface area contributed by atoms with E-state index in [0.29, 0.717) is 37.5 Å². The number of amides is 2. The number of halogens is 3. The van der Waals surface area contributed by atoms with Crippen LogP contribution in [0.5, 0.6) is 0 Å². The lowest BCUT2D eigenvalue weighted by Gasteiger charge is -2.34. The first-order valence-electron chi connectivity index (χ1n) is 7.93. The molecule has 0 unspecified atom stereocenters. The van der Waals surface area contributed by atoms with E-state index in [2.05, 4.69) is 20.6 Å². The molecule has 0 spiro atoms. The van der Waals surface area contributed by atoms with Crippen LogP contribution in [-0.2, 0) is 13.2 Å². The van der Waals surface area contributed by atoms with Crippen molar-refractivity contribution in [1.29, 1.82) is 0 Å². The van der Waals surface area contributed by atoms with Crippen LogP contribution in [0.25, 0.3) is 0 Å². The van der Waals surface area contributed by atoms with Gasteiger partial charge in [-0.3, -0.25) is 4.68 Å². The van der Waals surface area contributed by atoms with Gasteiger partial charge in [-0.15, -0.1) is 10.2 Å². The van der Waals surface area contributed by atoms with Gasteiger partial charge in [0.25, 0.3) is 0 Å². The first-order valence-corrected chi connectivity index (χ1v) is 8.75. The van der Waals surface area contributed by atoms with E-state index in [9.17, 15) is 18.0 Å². The van der Waals surface area contributed by atoms with Gasteiger partial charge in [0.1, 0.15) is 0 Å². The Kier molecular flexibility index (Phi) is 5.03. The standard InChI is InChI=1S/C14H18F3N7OS/c1-9(10-7-18-22(2)8-10)19-12(25)23-3-5-24(6-4-23)13-21-20-11(26-13)14(15,16)17/h7-9H,3-6H2,1-2H3,(H,19,25)/t9-/m1/s1. The van der Waals surface area contributed by atoms with Gasteiger partial charge in [-0.05, 0) is 6.92 Å². The zero-order valence-electron chi connectivity index (χ0n) is 14.2. The molecule has 0 saturated carbocycles. The molecular weight excluding hydrogens is 371 g/mol. The number of urea groups is 1. The van der Waals surface area contributed by atoms with Crippen molar-refractivity contribution in [2.75, 3.05) is 31.1 Å². The molecule has 0 aliphatic carbocycles. The number of nitrogens with one attached hydrogen (secondary N) is 1. The third-order valence-electron chi connectivity index (χ3n) is 4.06. The van der Waals surface area contributed by atoms with Crippen molar-refractivity contribution in [3.8, 4) is 0 Å². The predicted molar refractivity (Wildman–Crippen MR) is 88.9 cm³/mol. The van der Waals surface area contributed by atoms with Crippen molar-refractivity contribution in [2.24, 2.45) is 7.05 Å². The molecule has 26 heavy (non-hydrogen) atoms. The van der Waals surface area contributed by atoms with E-state index in [-0.39, 0.29) is 17.2 Å². The van der Waals surface area contributed by atoms with Crippen molar-refractivity contribution >= 4 is 22.5 Å². The van der Waals surface area contributed by atoms with Crippen LogP contribution in [-0.4, -0.2) is 57.1 Å².